The van der Waals surface area contributed by atoms with Gasteiger partial charge in [0.2, 0.25) is 0 Å². The predicted octanol–water partition coefficient (Wildman–Crippen LogP) is 2.16. The third kappa shape index (κ3) is 2.79. The lowest BCUT2D eigenvalue weighted by Gasteiger charge is -2.43. The lowest BCUT2D eigenvalue weighted by Crippen LogP contribution is -2.49. The van der Waals surface area contributed by atoms with Crippen LogP contribution in [0.5, 0.6) is 0 Å². The van der Waals surface area contributed by atoms with Crippen LogP contribution in [0.25, 0.3) is 0 Å². The van der Waals surface area contributed by atoms with Gasteiger partial charge in [-0.1, -0.05) is 0 Å². The van der Waals surface area contributed by atoms with E-state index in [1.165, 1.54) is 5.56 Å². The van der Waals surface area contributed by atoms with Gasteiger partial charge in [0.05, 0.1) is 6.54 Å². The zero-order chi connectivity index (χ0) is 15.9. The van der Waals surface area contributed by atoms with Gasteiger partial charge in [0.1, 0.15) is 10.8 Å². The Kier molecular flexibility index (Phi) is 3.69. The number of piperidine rings is 1. The average molecular weight is 330 g/mol. The van der Waals surface area contributed by atoms with Crippen molar-refractivity contribution in [2.75, 3.05) is 25.5 Å². The number of nitrogens with one attached hydrogen (secondary N) is 1. The minimum absolute atomic E-state index is 0.125. The molecule has 23 heavy (non-hydrogen) atoms. The molecule has 0 aliphatic carbocycles. The fourth-order valence-corrected chi connectivity index (χ4v) is 4.15. The van der Waals surface area contributed by atoms with E-state index in [2.05, 4.69) is 33.5 Å². The molecule has 0 radical (unpaired) electrons. The Labute approximate surface area is 140 Å². The van der Waals surface area contributed by atoms with Crippen molar-refractivity contribution < 1.29 is 0 Å². The van der Waals surface area contributed by atoms with Gasteiger partial charge in [-0.2, -0.15) is 5.10 Å². The molecule has 2 aliphatic heterocycles. The number of aryl methyl sites for hydroxylation is 1. The predicted molar refractivity (Wildman–Crippen MR) is 93.0 cm³/mol. The van der Waals surface area contributed by atoms with Crippen molar-refractivity contribution in [1.82, 2.24) is 19.7 Å². The van der Waals surface area contributed by atoms with E-state index >= 15 is 0 Å². The summed E-state index contributed by atoms with van der Waals surface area (Å²) < 4.78 is 1.89. The molecule has 6 nitrogen and oxygen atoms in total. The Morgan fingerprint density at radius 1 is 1.35 bits per heavy atom. The average Bonchev–Trinajstić information content (AvgIpc) is 3.16. The van der Waals surface area contributed by atoms with Gasteiger partial charge in [-0.25, -0.2) is 4.98 Å². The van der Waals surface area contributed by atoms with Crippen LogP contribution in [0.3, 0.4) is 0 Å². The lowest BCUT2D eigenvalue weighted by atomic mass is 9.71. The molecule has 1 saturated heterocycles. The molecule has 0 saturated carbocycles. The van der Waals surface area contributed by atoms with Gasteiger partial charge in [-0.3, -0.25) is 9.67 Å². The summed E-state index contributed by atoms with van der Waals surface area (Å²) >= 11 is 1.66. The van der Waals surface area contributed by atoms with Gasteiger partial charge < -0.3 is 10.2 Å². The number of rotatable bonds is 2. The summed E-state index contributed by atoms with van der Waals surface area (Å²) in [5.74, 6) is 2.07. The fraction of sp³-hybridized carbons (Fsp3) is 0.562. The molecule has 7 heteroatoms. The lowest BCUT2D eigenvalue weighted by molar-refractivity contribution is 0.178. The Morgan fingerprint density at radius 3 is 2.91 bits per heavy atom. The Bertz CT molecular complexity index is 709. The van der Waals surface area contributed by atoms with Crippen LogP contribution in [0.1, 0.15) is 23.4 Å². The molecule has 2 aromatic heterocycles. The van der Waals surface area contributed by atoms with Crippen LogP contribution in [0, 0.1) is 5.41 Å². The molecule has 4 rings (SSSR count). The third-order valence-electron chi connectivity index (χ3n) is 4.97. The minimum atomic E-state index is 0.125. The van der Waals surface area contributed by atoms with E-state index in [-0.39, 0.29) is 5.41 Å². The summed E-state index contributed by atoms with van der Waals surface area (Å²) in [5.41, 5.74) is 1.44. The summed E-state index contributed by atoms with van der Waals surface area (Å²) in [4.78, 5) is 11.7. The van der Waals surface area contributed by atoms with Crippen LogP contribution in [0.4, 0.5) is 5.82 Å². The molecular weight excluding hydrogens is 308 g/mol. The van der Waals surface area contributed by atoms with Gasteiger partial charge in [-0.05, 0) is 39.4 Å². The molecule has 2 aliphatic rings. The highest BCUT2D eigenvalue weighted by molar-refractivity contribution is 7.09. The van der Waals surface area contributed by atoms with E-state index < -0.39 is 0 Å². The first-order chi connectivity index (χ1) is 11.1. The van der Waals surface area contributed by atoms with Crippen LogP contribution in [-0.2, 0) is 20.0 Å². The number of hydrogen-bond acceptors (Lipinski definition) is 5. The molecule has 0 aromatic carbocycles. The number of aliphatic imine (C=N–C) groups is 1. The number of amidine groups is 1. The van der Waals surface area contributed by atoms with Crippen LogP contribution in [-0.4, -0.2) is 45.6 Å². The van der Waals surface area contributed by atoms with Crippen LogP contribution < -0.4 is 5.32 Å². The first kappa shape index (κ1) is 14.8. The van der Waals surface area contributed by atoms with E-state index in [4.69, 9.17) is 4.99 Å². The summed E-state index contributed by atoms with van der Waals surface area (Å²) in [6, 6.07) is 0. The molecule has 0 amide bonds. The second-order valence-corrected chi connectivity index (χ2v) is 7.63. The van der Waals surface area contributed by atoms with E-state index in [9.17, 15) is 0 Å². The first-order valence-corrected chi connectivity index (χ1v) is 8.94. The topological polar surface area (TPSA) is 58.3 Å². The van der Waals surface area contributed by atoms with E-state index in [0.29, 0.717) is 6.54 Å². The van der Waals surface area contributed by atoms with Crippen molar-refractivity contribution in [2.24, 2.45) is 17.5 Å². The largest absolute Gasteiger partial charge is 0.327 e. The molecule has 1 spiro atoms. The molecule has 2 aromatic rings. The normalized spacial score (nSPS) is 22.3. The number of aromatic nitrogens is 3. The second kappa shape index (κ2) is 5.72. The molecule has 0 bridgehead atoms. The minimum Gasteiger partial charge on any atom is -0.327 e. The monoisotopic (exact) mass is 330 g/mol. The van der Waals surface area contributed by atoms with E-state index in [0.717, 1.165) is 49.0 Å². The van der Waals surface area contributed by atoms with Gasteiger partial charge in [0.25, 0.3) is 0 Å². The molecule has 0 atom stereocenters. The van der Waals surface area contributed by atoms with Crippen molar-refractivity contribution in [3.8, 4) is 0 Å². The van der Waals surface area contributed by atoms with Crippen molar-refractivity contribution in [3.63, 3.8) is 0 Å². The number of fused-ring (bicyclic) bond motifs is 1. The van der Waals surface area contributed by atoms with Crippen molar-refractivity contribution in [3.05, 3.63) is 28.3 Å². The molecule has 4 heterocycles. The maximum absolute atomic E-state index is 4.92. The zero-order valence-electron chi connectivity index (χ0n) is 13.6. The summed E-state index contributed by atoms with van der Waals surface area (Å²) in [7, 11) is 4.18. The standard InChI is InChI=1S/C16H22N6S/c1-21-6-3-16(4-7-21)9-12-11-22(2)20-14(12)19-15(16)18-10-13-17-5-8-23-13/h5,8,11H,3-4,6-7,9-10H2,1-2H3,(H,18,19,20). The van der Waals surface area contributed by atoms with Gasteiger partial charge >= 0.3 is 0 Å². The summed E-state index contributed by atoms with van der Waals surface area (Å²) in [6.45, 7) is 2.89. The molecule has 0 unspecified atom stereocenters. The third-order valence-corrected chi connectivity index (χ3v) is 5.74. The highest BCUT2D eigenvalue weighted by Crippen LogP contribution is 2.41. The summed E-state index contributed by atoms with van der Waals surface area (Å²) in [6.07, 6.45) is 7.30. The Morgan fingerprint density at radius 2 is 2.17 bits per heavy atom. The Balaban J connectivity index is 1.66. The smallest absolute Gasteiger partial charge is 0.156 e. The quantitative estimate of drug-likeness (QED) is 0.917. The number of likely N-dealkylation sites (tertiary alicyclic amines) is 1. The van der Waals surface area contributed by atoms with Crippen molar-refractivity contribution in [1.29, 1.82) is 0 Å². The first-order valence-electron chi connectivity index (χ1n) is 8.06. The van der Waals surface area contributed by atoms with Gasteiger partial charge in [0, 0.05) is 35.8 Å². The fourth-order valence-electron chi connectivity index (χ4n) is 3.61. The van der Waals surface area contributed by atoms with Crippen molar-refractivity contribution >= 4 is 23.0 Å². The number of thiazole rings is 1. The highest BCUT2D eigenvalue weighted by atomic mass is 32.1. The second-order valence-electron chi connectivity index (χ2n) is 6.65. The maximum atomic E-state index is 4.92. The van der Waals surface area contributed by atoms with Crippen molar-refractivity contribution in [2.45, 2.75) is 25.8 Å². The van der Waals surface area contributed by atoms with Crippen LogP contribution in [0.15, 0.2) is 22.8 Å². The van der Waals surface area contributed by atoms with Gasteiger partial charge in [0.15, 0.2) is 5.82 Å². The molecular formula is C16H22N6S. The Hall–Kier alpha value is -1.73. The van der Waals surface area contributed by atoms with Gasteiger partial charge in [-0.15, -0.1) is 11.3 Å². The molecule has 1 fully saturated rings. The van der Waals surface area contributed by atoms with Crippen LogP contribution in [0.2, 0.25) is 0 Å². The maximum Gasteiger partial charge on any atom is 0.156 e. The number of hydrogen-bond donors (Lipinski definition) is 1. The number of anilines is 1. The molecule has 1 N–H and O–H groups in total. The molecule has 122 valence electrons. The van der Waals surface area contributed by atoms with Crippen LogP contribution >= 0.6 is 11.3 Å². The van der Waals surface area contributed by atoms with E-state index in [1.54, 1.807) is 11.3 Å². The number of nitrogens with zero attached hydrogens (tertiary/aromatic N) is 5. The van der Waals surface area contributed by atoms with E-state index in [1.807, 2.05) is 23.3 Å². The summed E-state index contributed by atoms with van der Waals surface area (Å²) in [5, 5.41) is 11.1. The SMILES string of the molecule is CN1CCC2(CC1)Cc1cn(C)nc1NC2=NCc1nccs1. The highest BCUT2D eigenvalue weighted by Gasteiger charge is 2.43. The zero-order valence-corrected chi connectivity index (χ0v) is 14.4.